The molecule has 5 heteroatoms. The number of nitrogens with one attached hydrogen (secondary N) is 1. The van der Waals surface area contributed by atoms with Crippen molar-refractivity contribution in [2.75, 3.05) is 0 Å². The van der Waals surface area contributed by atoms with Crippen LogP contribution in [-0.2, 0) is 6.42 Å². The van der Waals surface area contributed by atoms with E-state index in [1.54, 1.807) is 11.3 Å². The lowest BCUT2D eigenvalue weighted by atomic mass is 9.92. The van der Waals surface area contributed by atoms with Gasteiger partial charge in [-0.15, -0.1) is 11.3 Å². The van der Waals surface area contributed by atoms with Crippen LogP contribution in [-0.4, -0.2) is 15.4 Å². The molecule has 2 aliphatic carbocycles. The summed E-state index contributed by atoms with van der Waals surface area (Å²) in [4.78, 5) is 5.73. The SMILES string of the molecule is NNC(Cc1cn2ccsc2n1)C1CC2CC2C1. The number of aromatic nitrogens is 2. The number of fused-ring (bicyclic) bond motifs is 2. The van der Waals surface area contributed by atoms with Crippen molar-refractivity contribution in [1.82, 2.24) is 14.8 Å². The molecule has 2 aromatic rings. The summed E-state index contributed by atoms with van der Waals surface area (Å²) in [5.41, 5.74) is 4.18. The second-order valence-electron chi connectivity index (χ2n) is 5.79. The number of rotatable bonds is 4. The molecule has 3 atom stereocenters. The fraction of sp³-hybridized carbons (Fsp3) is 0.615. The topological polar surface area (TPSA) is 55.3 Å². The van der Waals surface area contributed by atoms with Gasteiger partial charge in [-0.05, 0) is 37.0 Å². The maximum absolute atomic E-state index is 5.75. The van der Waals surface area contributed by atoms with E-state index in [2.05, 4.69) is 32.6 Å². The highest BCUT2D eigenvalue weighted by Crippen LogP contribution is 2.55. The summed E-state index contributed by atoms with van der Waals surface area (Å²) in [7, 11) is 0. The van der Waals surface area contributed by atoms with E-state index in [-0.39, 0.29) is 0 Å². The smallest absolute Gasteiger partial charge is 0.193 e. The van der Waals surface area contributed by atoms with Crippen LogP contribution in [0.4, 0.5) is 0 Å². The summed E-state index contributed by atoms with van der Waals surface area (Å²) >= 11 is 1.68. The van der Waals surface area contributed by atoms with Gasteiger partial charge in [0.05, 0.1) is 5.69 Å². The Hall–Kier alpha value is -0.910. The summed E-state index contributed by atoms with van der Waals surface area (Å²) < 4.78 is 2.10. The molecule has 2 saturated carbocycles. The average Bonchev–Trinajstić information content (AvgIpc) is 2.75. The standard InChI is InChI=1S/C13H18N4S/c14-16-12(10-4-8-3-9(8)5-10)6-11-7-17-1-2-18-13(17)15-11/h1-2,7-10,12,16H,3-6,14H2. The molecular weight excluding hydrogens is 244 g/mol. The minimum Gasteiger partial charge on any atom is -0.297 e. The van der Waals surface area contributed by atoms with Crippen LogP contribution < -0.4 is 11.3 Å². The Morgan fingerprint density at radius 3 is 3.00 bits per heavy atom. The molecule has 0 radical (unpaired) electrons. The Bertz CT molecular complexity index is 522. The van der Waals surface area contributed by atoms with Gasteiger partial charge < -0.3 is 0 Å². The number of hydrazine groups is 1. The molecule has 2 fully saturated rings. The van der Waals surface area contributed by atoms with Crippen LogP contribution in [0.2, 0.25) is 0 Å². The van der Waals surface area contributed by atoms with E-state index in [0.717, 1.165) is 34.8 Å². The lowest BCUT2D eigenvalue weighted by molar-refractivity contribution is 0.334. The van der Waals surface area contributed by atoms with Gasteiger partial charge in [-0.25, -0.2) is 4.98 Å². The molecule has 3 N–H and O–H groups in total. The van der Waals surface area contributed by atoms with Gasteiger partial charge in [-0.2, -0.15) is 0 Å². The lowest BCUT2D eigenvalue weighted by Crippen LogP contribution is -2.42. The molecule has 0 amide bonds. The summed E-state index contributed by atoms with van der Waals surface area (Å²) in [5, 5.41) is 2.06. The summed E-state index contributed by atoms with van der Waals surface area (Å²) in [6.07, 6.45) is 9.34. The van der Waals surface area contributed by atoms with Crippen LogP contribution in [0.3, 0.4) is 0 Å². The number of nitrogens with two attached hydrogens (primary N) is 1. The summed E-state index contributed by atoms with van der Waals surface area (Å²) in [6, 6.07) is 0.391. The molecule has 96 valence electrons. The molecule has 3 unspecified atom stereocenters. The summed E-state index contributed by atoms with van der Waals surface area (Å²) in [5.74, 6) is 8.52. The Labute approximate surface area is 110 Å². The first kappa shape index (κ1) is 11.0. The average molecular weight is 262 g/mol. The maximum atomic E-state index is 5.75. The minimum atomic E-state index is 0.391. The Kier molecular flexibility index (Phi) is 2.46. The van der Waals surface area contributed by atoms with E-state index >= 15 is 0 Å². The van der Waals surface area contributed by atoms with E-state index in [1.807, 2.05) is 0 Å². The van der Waals surface area contributed by atoms with Crippen LogP contribution in [0.5, 0.6) is 0 Å². The molecule has 2 heterocycles. The number of nitrogens with zero attached hydrogens (tertiary/aromatic N) is 2. The van der Waals surface area contributed by atoms with Gasteiger partial charge in [-0.1, -0.05) is 0 Å². The van der Waals surface area contributed by atoms with Crippen molar-refractivity contribution in [3.63, 3.8) is 0 Å². The van der Waals surface area contributed by atoms with E-state index in [9.17, 15) is 0 Å². The Morgan fingerprint density at radius 2 is 2.28 bits per heavy atom. The molecule has 4 nitrogen and oxygen atoms in total. The molecule has 2 aliphatic rings. The van der Waals surface area contributed by atoms with Gasteiger partial charge in [0.2, 0.25) is 0 Å². The van der Waals surface area contributed by atoms with Crippen LogP contribution in [0.15, 0.2) is 17.8 Å². The van der Waals surface area contributed by atoms with Gasteiger partial charge in [0.25, 0.3) is 0 Å². The van der Waals surface area contributed by atoms with Crippen molar-refractivity contribution in [3.8, 4) is 0 Å². The molecule has 0 bridgehead atoms. The number of imidazole rings is 1. The zero-order chi connectivity index (χ0) is 12.1. The van der Waals surface area contributed by atoms with E-state index in [0.29, 0.717) is 6.04 Å². The third-order valence-corrected chi connectivity index (χ3v) is 5.41. The fourth-order valence-electron chi connectivity index (χ4n) is 3.55. The largest absolute Gasteiger partial charge is 0.297 e. The third-order valence-electron chi connectivity index (χ3n) is 4.64. The maximum Gasteiger partial charge on any atom is 0.193 e. The highest BCUT2D eigenvalue weighted by Gasteiger charge is 2.47. The predicted molar refractivity (Wildman–Crippen MR) is 72.2 cm³/mol. The zero-order valence-electron chi connectivity index (χ0n) is 10.2. The monoisotopic (exact) mass is 262 g/mol. The van der Waals surface area contributed by atoms with E-state index in [4.69, 9.17) is 5.84 Å². The van der Waals surface area contributed by atoms with Crippen LogP contribution in [0.1, 0.15) is 25.0 Å². The molecule has 2 aromatic heterocycles. The van der Waals surface area contributed by atoms with E-state index in [1.165, 1.54) is 19.3 Å². The van der Waals surface area contributed by atoms with Gasteiger partial charge in [0.15, 0.2) is 4.96 Å². The third kappa shape index (κ3) is 1.77. The van der Waals surface area contributed by atoms with Crippen LogP contribution in [0.25, 0.3) is 4.96 Å². The second kappa shape index (κ2) is 4.05. The van der Waals surface area contributed by atoms with Crippen LogP contribution >= 0.6 is 11.3 Å². The lowest BCUT2D eigenvalue weighted by Gasteiger charge is -2.23. The number of hydrogen-bond donors (Lipinski definition) is 2. The first-order valence-electron chi connectivity index (χ1n) is 6.70. The minimum absolute atomic E-state index is 0.391. The summed E-state index contributed by atoms with van der Waals surface area (Å²) in [6.45, 7) is 0. The molecule has 0 aromatic carbocycles. The Morgan fingerprint density at radius 1 is 1.44 bits per heavy atom. The van der Waals surface area contributed by atoms with E-state index < -0.39 is 0 Å². The van der Waals surface area contributed by atoms with Crippen molar-refractivity contribution in [2.45, 2.75) is 31.7 Å². The van der Waals surface area contributed by atoms with Gasteiger partial charge >= 0.3 is 0 Å². The molecule has 0 spiro atoms. The zero-order valence-corrected chi connectivity index (χ0v) is 11.1. The number of hydrogen-bond acceptors (Lipinski definition) is 4. The van der Waals surface area contributed by atoms with Crippen LogP contribution in [0, 0.1) is 17.8 Å². The van der Waals surface area contributed by atoms with Crippen molar-refractivity contribution in [2.24, 2.45) is 23.6 Å². The predicted octanol–water partition coefficient (Wildman–Crippen LogP) is 1.82. The van der Waals surface area contributed by atoms with Crippen molar-refractivity contribution < 1.29 is 0 Å². The highest BCUT2D eigenvalue weighted by molar-refractivity contribution is 7.15. The quantitative estimate of drug-likeness (QED) is 0.653. The molecule has 4 rings (SSSR count). The van der Waals surface area contributed by atoms with Gasteiger partial charge in [0.1, 0.15) is 0 Å². The number of thiazole rings is 1. The molecule has 0 saturated heterocycles. The molecule has 0 aliphatic heterocycles. The van der Waals surface area contributed by atoms with Crippen molar-refractivity contribution in [1.29, 1.82) is 0 Å². The van der Waals surface area contributed by atoms with Crippen molar-refractivity contribution >= 4 is 16.3 Å². The van der Waals surface area contributed by atoms with Gasteiger partial charge in [-0.3, -0.25) is 15.7 Å². The molecule has 18 heavy (non-hydrogen) atoms. The first-order chi connectivity index (χ1) is 8.83. The van der Waals surface area contributed by atoms with Crippen molar-refractivity contribution in [3.05, 3.63) is 23.5 Å². The second-order valence-corrected chi connectivity index (χ2v) is 6.66. The fourth-order valence-corrected chi connectivity index (χ4v) is 4.27. The first-order valence-corrected chi connectivity index (χ1v) is 7.58. The van der Waals surface area contributed by atoms with Gasteiger partial charge in [0, 0.05) is 30.2 Å². The molecular formula is C13H18N4S. The Balaban J connectivity index is 1.49. The highest BCUT2D eigenvalue weighted by atomic mass is 32.1. The normalized spacial score (nSPS) is 31.7.